The molecule has 0 spiro atoms. The summed E-state index contributed by atoms with van der Waals surface area (Å²) in [7, 11) is -3.48. The maximum Gasteiger partial charge on any atom is 0.236 e. The molecule has 0 unspecified atom stereocenters. The van der Waals surface area contributed by atoms with Crippen LogP contribution in [0.25, 0.3) is 6.08 Å². The number of benzene rings is 1. The van der Waals surface area contributed by atoms with Crippen molar-refractivity contribution >= 4 is 16.1 Å². The van der Waals surface area contributed by atoms with Gasteiger partial charge in [-0.2, -0.15) is 4.31 Å². The minimum Gasteiger partial charge on any atom is -0.381 e. The molecule has 2 aliphatic rings. The van der Waals surface area contributed by atoms with Crippen molar-refractivity contribution in [3.8, 4) is 0 Å². The molecule has 0 N–H and O–H groups in total. The van der Waals surface area contributed by atoms with E-state index in [0.717, 1.165) is 51.3 Å². The third kappa shape index (κ3) is 5.62. The summed E-state index contributed by atoms with van der Waals surface area (Å²) < 4.78 is 38.5. The number of ether oxygens (including phenoxy) is 2. The molecule has 0 aromatic heterocycles. The molecule has 26 heavy (non-hydrogen) atoms. The van der Waals surface area contributed by atoms with Crippen LogP contribution in [-0.4, -0.2) is 76.3 Å². The first-order valence-electron chi connectivity index (χ1n) is 9.28. The first kappa shape index (κ1) is 19.5. The van der Waals surface area contributed by atoms with Crippen LogP contribution in [0, 0.1) is 0 Å². The van der Waals surface area contributed by atoms with Crippen LogP contribution in [-0.2, 0) is 19.5 Å². The lowest BCUT2D eigenvalue weighted by Gasteiger charge is -2.35. The average Bonchev–Trinajstić information content (AvgIpc) is 2.69. The predicted molar refractivity (Wildman–Crippen MR) is 102 cm³/mol. The van der Waals surface area contributed by atoms with Crippen LogP contribution in [0.2, 0.25) is 0 Å². The van der Waals surface area contributed by atoms with Crippen LogP contribution in [0.1, 0.15) is 18.4 Å². The molecular formula is C19H28N2O4S. The maximum absolute atomic E-state index is 13.0. The first-order valence-corrected chi connectivity index (χ1v) is 10.8. The number of morpholine rings is 1. The smallest absolute Gasteiger partial charge is 0.236 e. The summed E-state index contributed by atoms with van der Waals surface area (Å²) in [6.07, 6.45) is 3.18. The average molecular weight is 381 g/mol. The second-order valence-electron chi connectivity index (χ2n) is 6.67. The number of hydrogen-bond donors (Lipinski definition) is 0. The van der Waals surface area contributed by atoms with Crippen LogP contribution in [0.3, 0.4) is 0 Å². The van der Waals surface area contributed by atoms with Crippen molar-refractivity contribution in [1.82, 2.24) is 9.21 Å². The van der Waals surface area contributed by atoms with Gasteiger partial charge in [-0.25, -0.2) is 8.42 Å². The molecule has 0 radical (unpaired) electrons. The largest absolute Gasteiger partial charge is 0.381 e. The highest BCUT2D eigenvalue weighted by atomic mass is 32.2. The highest BCUT2D eigenvalue weighted by Gasteiger charge is 2.30. The van der Waals surface area contributed by atoms with Crippen molar-refractivity contribution in [2.24, 2.45) is 0 Å². The molecule has 2 heterocycles. The number of rotatable bonds is 7. The van der Waals surface area contributed by atoms with Gasteiger partial charge in [0.2, 0.25) is 10.0 Å². The van der Waals surface area contributed by atoms with Crippen molar-refractivity contribution in [1.29, 1.82) is 0 Å². The van der Waals surface area contributed by atoms with Crippen LogP contribution in [0.5, 0.6) is 0 Å². The van der Waals surface area contributed by atoms with Gasteiger partial charge in [-0.15, -0.1) is 0 Å². The zero-order chi connectivity index (χ0) is 18.2. The molecule has 0 amide bonds. The molecule has 144 valence electrons. The maximum atomic E-state index is 13.0. The minimum atomic E-state index is -3.48. The number of hydrogen-bond acceptors (Lipinski definition) is 5. The molecule has 0 atom stereocenters. The summed E-state index contributed by atoms with van der Waals surface area (Å²) in [6.45, 7) is 5.65. The molecule has 3 rings (SSSR count). The van der Waals surface area contributed by atoms with Crippen molar-refractivity contribution in [3.05, 3.63) is 41.3 Å². The van der Waals surface area contributed by atoms with Crippen LogP contribution < -0.4 is 0 Å². The monoisotopic (exact) mass is 380 g/mol. The summed E-state index contributed by atoms with van der Waals surface area (Å²) in [5, 5.41) is 1.34. The topological polar surface area (TPSA) is 59.1 Å². The third-order valence-corrected chi connectivity index (χ3v) is 6.51. The van der Waals surface area contributed by atoms with Crippen LogP contribution >= 0.6 is 0 Å². The van der Waals surface area contributed by atoms with E-state index in [2.05, 4.69) is 4.90 Å². The Kier molecular flexibility index (Phi) is 7.22. The Morgan fingerprint density at radius 3 is 2.38 bits per heavy atom. The van der Waals surface area contributed by atoms with Crippen molar-refractivity contribution in [2.45, 2.75) is 18.9 Å². The zero-order valence-corrected chi connectivity index (χ0v) is 15.9. The van der Waals surface area contributed by atoms with Crippen molar-refractivity contribution in [2.75, 3.05) is 52.6 Å². The molecule has 1 aromatic carbocycles. The zero-order valence-electron chi connectivity index (χ0n) is 15.1. The Morgan fingerprint density at radius 1 is 1.04 bits per heavy atom. The van der Waals surface area contributed by atoms with E-state index in [1.54, 1.807) is 10.4 Å². The molecule has 2 aliphatic heterocycles. The normalized spacial score (nSPS) is 20.8. The lowest BCUT2D eigenvalue weighted by atomic mass is 10.1. The van der Waals surface area contributed by atoms with Gasteiger partial charge in [0, 0.05) is 50.8 Å². The Hall–Kier alpha value is -1.25. The van der Waals surface area contributed by atoms with Gasteiger partial charge in [-0.1, -0.05) is 30.3 Å². The van der Waals surface area contributed by atoms with E-state index in [0.29, 0.717) is 19.8 Å². The fourth-order valence-electron chi connectivity index (χ4n) is 3.36. The lowest BCUT2D eigenvalue weighted by Crippen LogP contribution is -2.47. The molecule has 6 nitrogen and oxygen atoms in total. The van der Waals surface area contributed by atoms with Crippen molar-refractivity contribution in [3.63, 3.8) is 0 Å². The van der Waals surface area contributed by atoms with Gasteiger partial charge in [0.15, 0.2) is 0 Å². The predicted octanol–water partition coefficient (Wildman–Crippen LogP) is 1.80. The summed E-state index contributed by atoms with van der Waals surface area (Å²) in [5.74, 6) is 0. The molecule has 0 bridgehead atoms. The summed E-state index contributed by atoms with van der Waals surface area (Å²) in [6, 6.07) is 9.54. The van der Waals surface area contributed by atoms with Gasteiger partial charge < -0.3 is 9.47 Å². The highest BCUT2D eigenvalue weighted by Crippen LogP contribution is 2.20. The van der Waals surface area contributed by atoms with Gasteiger partial charge in [-0.05, 0) is 24.5 Å². The Labute approximate surface area is 156 Å². The van der Waals surface area contributed by atoms with Gasteiger partial charge >= 0.3 is 0 Å². The molecule has 0 saturated carbocycles. The van der Waals surface area contributed by atoms with Crippen molar-refractivity contribution < 1.29 is 17.9 Å². The number of sulfonamides is 1. The molecule has 2 saturated heterocycles. The first-order chi connectivity index (χ1) is 12.6. The Bertz CT molecular complexity index is 666. The number of nitrogens with zero attached hydrogens (tertiary/aromatic N) is 2. The van der Waals surface area contributed by atoms with Crippen LogP contribution in [0.15, 0.2) is 35.7 Å². The Balaban J connectivity index is 1.70. The quantitative estimate of drug-likeness (QED) is 0.722. The summed E-state index contributed by atoms with van der Waals surface area (Å²) in [5.41, 5.74) is 0.885. The van der Waals surface area contributed by atoms with Gasteiger partial charge in [0.1, 0.15) is 0 Å². The van der Waals surface area contributed by atoms with E-state index in [-0.39, 0.29) is 6.04 Å². The molecule has 1 aromatic rings. The van der Waals surface area contributed by atoms with E-state index in [9.17, 15) is 8.42 Å². The molecule has 2 fully saturated rings. The molecule has 0 aliphatic carbocycles. The van der Waals surface area contributed by atoms with E-state index >= 15 is 0 Å². The minimum absolute atomic E-state index is 0.00946. The van der Waals surface area contributed by atoms with E-state index < -0.39 is 10.0 Å². The highest BCUT2D eigenvalue weighted by molar-refractivity contribution is 7.92. The van der Waals surface area contributed by atoms with Gasteiger partial charge in [-0.3, -0.25) is 4.90 Å². The SMILES string of the molecule is O=S(=O)(/C=C/c1ccccc1)N(CCN1CCOCC1)C1CCOCC1. The summed E-state index contributed by atoms with van der Waals surface area (Å²) >= 11 is 0. The lowest BCUT2D eigenvalue weighted by molar-refractivity contribution is 0.0293. The van der Waals surface area contributed by atoms with Crippen LogP contribution in [0.4, 0.5) is 0 Å². The fourth-order valence-corrected chi connectivity index (χ4v) is 4.81. The van der Waals surface area contributed by atoms with E-state index in [1.807, 2.05) is 30.3 Å². The molecular weight excluding hydrogens is 352 g/mol. The van der Waals surface area contributed by atoms with Gasteiger partial charge in [0.25, 0.3) is 0 Å². The van der Waals surface area contributed by atoms with E-state index in [4.69, 9.17) is 9.47 Å². The second kappa shape index (κ2) is 9.62. The molecule has 7 heteroatoms. The fraction of sp³-hybridized carbons (Fsp3) is 0.579. The Morgan fingerprint density at radius 2 is 1.69 bits per heavy atom. The second-order valence-corrected chi connectivity index (χ2v) is 8.44. The third-order valence-electron chi connectivity index (χ3n) is 4.90. The van der Waals surface area contributed by atoms with Gasteiger partial charge in [0.05, 0.1) is 13.2 Å². The van der Waals surface area contributed by atoms with E-state index in [1.165, 1.54) is 5.41 Å². The summed E-state index contributed by atoms with van der Waals surface area (Å²) in [4.78, 5) is 2.27. The standard InChI is InChI=1S/C19H28N2O4S/c22-26(23,17-8-18-4-2-1-3-5-18)21(19-6-13-24-14-7-19)10-9-20-11-15-25-16-12-20/h1-5,8,17,19H,6-7,9-16H2/b17-8+.